The SMILES string of the molecule is CCn1cc(-c2ccnc(NC(=O)COC)c2)c(-c2ccc(F)cc2)n1. The van der Waals surface area contributed by atoms with Crippen molar-refractivity contribution in [2.45, 2.75) is 13.5 Å². The number of amides is 1. The summed E-state index contributed by atoms with van der Waals surface area (Å²) in [5.74, 6) is -0.142. The van der Waals surface area contributed by atoms with Crippen LogP contribution in [-0.4, -0.2) is 34.4 Å². The molecule has 0 unspecified atom stereocenters. The summed E-state index contributed by atoms with van der Waals surface area (Å²) in [6.07, 6.45) is 3.55. The van der Waals surface area contributed by atoms with Crippen molar-refractivity contribution >= 4 is 11.7 Å². The van der Waals surface area contributed by atoms with Gasteiger partial charge in [0.05, 0.1) is 0 Å². The fraction of sp³-hybridized carbons (Fsp3) is 0.211. The maximum atomic E-state index is 13.3. The number of carbonyl (C=O) groups is 1. The maximum absolute atomic E-state index is 13.3. The molecule has 0 aliphatic rings. The molecule has 6 nitrogen and oxygen atoms in total. The Labute approximate surface area is 150 Å². The number of carbonyl (C=O) groups excluding carboxylic acids is 1. The molecule has 0 saturated heterocycles. The van der Waals surface area contributed by atoms with Crippen molar-refractivity contribution in [2.24, 2.45) is 0 Å². The first-order valence-electron chi connectivity index (χ1n) is 8.19. The average Bonchev–Trinajstić information content (AvgIpc) is 3.07. The van der Waals surface area contributed by atoms with Crippen LogP contribution in [0.1, 0.15) is 6.92 Å². The number of halogens is 1. The van der Waals surface area contributed by atoms with Crippen molar-refractivity contribution < 1.29 is 13.9 Å². The van der Waals surface area contributed by atoms with Gasteiger partial charge in [0.1, 0.15) is 23.9 Å². The summed E-state index contributed by atoms with van der Waals surface area (Å²) in [6.45, 7) is 2.66. The Balaban J connectivity index is 1.99. The minimum Gasteiger partial charge on any atom is -0.375 e. The van der Waals surface area contributed by atoms with Crippen LogP contribution in [0.15, 0.2) is 48.8 Å². The number of hydrogen-bond acceptors (Lipinski definition) is 4. The van der Waals surface area contributed by atoms with Gasteiger partial charge < -0.3 is 10.1 Å². The molecule has 0 aliphatic carbocycles. The first kappa shape index (κ1) is 17.8. The molecule has 134 valence electrons. The molecule has 1 N–H and O–H groups in total. The molecule has 0 fully saturated rings. The lowest BCUT2D eigenvalue weighted by atomic mass is 10.0. The van der Waals surface area contributed by atoms with Gasteiger partial charge in [-0.25, -0.2) is 9.37 Å². The molecule has 1 aromatic carbocycles. The molecule has 0 aliphatic heterocycles. The zero-order valence-electron chi connectivity index (χ0n) is 14.6. The minimum absolute atomic E-state index is 0.0412. The second kappa shape index (κ2) is 7.88. The molecule has 2 heterocycles. The van der Waals surface area contributed by atoms with Crippen molar-refractivity contribution in [3.8, 4) is 22.4 Å². The third-order valence-electron chi connectivity index (χ3n) is 3.82. The lowest BCUT2D eigenvalue weighted by Gasteiger charge is -2.07. The Morgan fingerprint density at radius 1 is 1.23 bits per heavy atom. The van der Waals surface area contributed by atoms with Crippen molar-refractivity contribution in [1.82, 2.24) is 14.8 Å². The topological polar surface area (TPSA) is 69.0 Å². The van der Waals surface area contributed by atoms with Gasteiger partial charge in [0.15, 0.2) is 0 Å². The Bertz CT molecular complexity index is 906. The molecule has 0 radical (unpaired) electrons. The number of anilines is 1. The van der Waals surface area contributed by atoms with E-state index in [0.717, 1.165) is 22.4 Å². The third kappa shape index (κ3) is 3.94. The molecule has 2 aromatic heterocycles. The van der Waals surface area contributed by atoms with Crippen LogP contribution >= 0.6 is 0 Å². The average molecular weight is 354 g/mol. The van der Waals surface area contributed by atoms with Crippen LogP contribution in [-0.2, 0) is 16.1 Å². The first-order chi connectivity index (χ1) is 12.6. The van der Waals surface area contributed by atoms with Gasteiger partial charge in [0, 0.05) is 37.2 Å². The van der Waals surface area contributed by atoms with E-state index in [2.05, 4.69) is 15.4 Å². The van der Waals surface area contributed by atoms with E-state index in [1.807, 2.05) is 23.9 Å². The van der Waals surface area contributed by atoms with E-state index >= 15 is 0 Å². The monoisotopic (exact) mass is 354 g/mol. The van der Waals surface area contributed by atoms with E-state index in [1.54, 1.807) is 24.4 Å². The fourth-order valence-corrected chi connectivity index (χ4v) is 2.59. The van der Waals surface area contributed by atoms with Gasteiger partial charge in [0.2, 0.25) is 0 Å². The zero-order chi connectivity index (χ0) is 18.5. The quantitative estimate of drug-likeness (QED) is 0.737. The molecule has 7 heteroatoms. The van der Waals surface area contributed by atoms with Gasteiger partial charge >= 0.3 is 0 Å². The maximum Gasteiger partial charge on any atom is 0.251 e. The van der Waals surface area contributed by atoms with Crippen LogP contribution < -0.4 is 5.32 Å². The van der Waals surface area contributed by atoms with E-state index < -0.39 is 0 Å². The van der Waals surface area contributed by atoms with Crippen LogP contribution in [0.25, 0.3) is 22.4 Å². The second-order valence-electron chi connectivity index (χ2n) is 5.66. The highest BCUT2D eigenvalue weighted by atomic mass is 19.1. The van der Waals surface area contributed by atoms with Gasteiger partial charge in [-0.1, -0.05) is 0 Å². The highest BCUT2D eigenvalue weighted by molar-refractivity contribution is 5.91. The van der Waals surface area contributed by atoms with Crippen LogP contribution in [0.4, 0.5) is 10.2 Å². The van der Waals surface area contributed by atoms with Gasteiger partial charge in [-0.05, 0) is 48.9 Å². The van der Waals surface area contributed by atoms with Crippen molar-refractivity contribution in [2.75, 3.05) is 19.0 Å². The standard InChI is InChI=1S/C19H19FN4O2/c1-3-24-11-16(19(23-24)13-4-6-15(20)7-5-13)14-8-9-21-17(10-14)22-18(25)12-26-2/h4-11H,3,12H2,1-2H3,(H,21,22,25). The van der Waals surface area contributed by atoms with Crippen LogP contribution in [0.5, 0.6) is 0 Å². The number of benzene rings is 1. The Hall–Kier alpha value is -3.06. The summed E-state index contributed by atoms with van der Waals surface area (Å²) < 4.78 is 19.9. The summed E-state index contributed by atoms with van der Waals surface area (Å²) in [4.78, 5) is 15.9. The summed E-state index contributed by atoms with van der Waals surface area (Å²) in [5.41, 5.74) is 3.29. The molecule has 0 atom stereocenters. The fourth-order valence-electron chi connectivity index (χ4n) is 2.59. The molecule has 0 bridgehead atoms. The Morgan fingerprint density at radius 3 is 2.69 bits per heavy atom. The van der Waals surface area contributed by atoms with Crippen molar-refractivity contribution in [3.63, 3.8) is 0 Å². The molecule has 26 heavy (non-hydrogen) atoms. The van der Waals surface area contributed by atoms with E-state index in [9.17, 15) is 9.18 Å². The van der Waals surface area contributed by atoms with Gasteiger partial charge in [0.25, 0.3) is 5.91 Å². The number of pyridine rings is 1. The largest absolute Gasteiger partial charge is 0.375 e. The number of rotatable bonds is 6. The first-order valence-corrected chi connectivity index (χ1v) is 8.19. The molecule has 3 aromatic rings. The molecule has 0 saturated carbocycles. The Morgan fingerprint density at radius 2 is 2.00 bits per heavy atom. The third-order valence-corrected chi connectivity index (χ3v) is 3.82. The van der Waals surface area contributed by atoms with Gasteiger partial charge in [-0.3, -0.25) is 9.48 Å². The number of nitrogens with one attached hydrogen (secondary N) is 1. The normalized spacial score (nSPS) is 10.7. The lowest BCUT2D eigenvalue weighted by Crippen LogP contribution is -2.17. The number of methoxy groups -OCH3 is 1. The molecule has 0 spiro atoms. The number of aryl methyl sites for hydroxylation is 1. The molecular weight excluding hydrogens is 335 g/mol. The zero-order valence-corrected chi connectivity index (χ0v) is 14.6. The highest BCUT2D eigenvalue weighted by Gasteiger charge is 2.14. The van der Waals surface area contributed by atoms with Gasteiger partial charge in [-0.2, -0.15) is 5.10 Å². The summed E-state index contributed by atoms with van der Waals surface area (Å²) >= 11 is 0. The van der Waals surface area contributed by atoms with Crippen molar-refractivity contribution in [1.29, 1.82) is 0 Å². The van der Waals surface area contributed by atoms with Crippen LogP contribution in [0.3, 0.4) is 0 Å². The van der Waals surface area contributed by atoms with Crippen LogP contribution in [0.2, 0.25) is 0 Å². The molecule has 3 rings (SSSR count). The lowest BCUT2D eigenvalue weighted by molar-refractivity contribution is -0.119. The van der Waals surface area contributed by atoms with Crippen molar-refractivity contribution in [3.05, 3.63) is 54.6 Å². The summed E-state index contributed by atoms with van der Waals surface area (Å²) in [7, 11) is 1.46. The van der Waals surface area contributed by atoms with E-state index in [1.165, 1.54) is 19.2 Å². The smallest absolute Gasteiger partial charge is 0.251 e. The number of aromatic nitrogens is 3. The van der Waals surface area contributed by atoms with E-state index in [-0.39, 0.29) is 18.3 Å². The minimum atomic E-state index is -0.294. The predicted octanol–water partition coefficient (Wildman–Crippen LogP) is 3.36. The van der Waals surface area contributed by atoms with E-state index in [0.29, 0.717) is 12.4 Å². The molecule has 1 amide bonds. The summed E-state index contributed by atoms with van der Waals surface area (Å²) in [6, 6.07) is 9.83. The summed E-state index contributed by atoms with van der Waals surface area (Å²) in [5, 5.41) is 7.28. The molecular formula is C19H19FN4O2. The predicted molar refractivity (Wildman–Crippen MR) is 97.0 cm³/mol. The number of nitrogens with zero attached hydrogens (tertiary/aromatic N) is 3. The van der Waals surface area contributed by atoms with Gasteiger partial charge in [-0.15, -0.1) is 0 Å². The van der Waals surface area contributed by atoms with E-state index in [4.69, 9.17) is 4.74 Å². The number of hydrogen-bond donors (Lipinski definition) is 1. The highest BCUT2D eigenvalue weighted by Crippen LogP contribution is 2.32. The second-order valence-corrected chi connectivity index (χ2v) is 5.66. The van der Waals surface area contributed by atoms with Crippen LogP contribution in [0, 0.1) is 5.82 Å². The Kier molecular flexibility index (Phi) is 5.38. The number of ether oxygens (including phenoxy) is 1.